The Kier molecular flexibility index (Phi) is 7.50. The summed E-state index contributed by atoms with van der Waals surface area (Å²) in [7, 11) is 1.48. The average molecular weight is 576 g/mol. The summed E-state index contributed by atoms with van der Waals surface area (Å²) in [6.45, 7) is 11.8. The van der Waals surface area contributed by atoms with Crippen LogP contribution in [0.3, 0.4) is 0 Å². The van der Waals surface area contributed by atoms with Crippen molar-refractivity contribution >= 4 is 23.5 Å². The number of imide groups is 1. The zero-order valence-corrected chi connectivity index (χ0v) is 25.2. The van der Waals surface area contributed by atoms with Crippen LogP contribution >= 0.6 is 0 Å². The Labute approximate surface area is 247 Å². The number of fused-ring (bicyclic) bond motifs is 3. The summed E-state index contributed by atoms with van der Waals surface area (Å²) < 4.78 is 19.7. The number of anilines is 1. The summed E-state index contributed by atoms with van der Waals surface area (Å²) in [5, 5.41) is 7.03. The minimum absolute atomic E-state index is 0.0867. The maximum absolute atomic E-state index is 14.6. The van der Waals surface area contributed by atoms with Gasteiger partial charge < -0.3 is 20.3 Å². The summed E-state index contributed by atoms with van der Waals surface area (Å²) >= 11 is 0. The van der Waals surface area contributed by atoms with Crippen molar-refractivity contribution in [3.8, 4) is 5.75 Å². The standard InChI is InChI=1S/C33H42FN5O3/c1-19-18-38(14-12-35-19)32(37-28-16-22-15-25(20(28)2)33(22,3)4)36-27-8-6-7-24-29(27)31(41)39(30(24)40)13-11-21-9-10-23(42-5)17-26(21)34/h6-10,17,19-20,22,25,28,35H,11-16,18H2,1-5H3,(H,36,37)/t19-,20-,22+,25-,28-/m0/s1. The molecule has 3 aliphatic carbocycles. The monoisotopic (exact) mass is 575 g/mol. The molecule has 7 rings (SSSR count). The van der Waals surface area contributed by atoms with Gasteiger partial charge in [0.25, 0.3) is 11.8 Å². The quantitative estimate of drug-likeness (QED) is 0.292. The number of guanidine groups is 1. The maximum Gasteiger partial charge on any atom is 0.263 e. The van der Waals surface area contributed by atoms with Crippen LogP contribution in [-0.2, 0) is 6.42 Å². The number of piperazine rings is 1. The number of halogens is 1. The molecule has 0 radical (unpaired) electrons. The SMILES string of the molecule is COc1ccc(CCN2C(=O)c3cccc(NC(=N[C@H]4C[C@H]5C[C@@H]([C@@H]4C)C5(C)C)N4CCN[C@@H](C)C4)c3C2=O)c(F)c1. The smallest absolute Gasteiger partial charge is 0.263 e. The second-order valence-corrected chi connectivity index (χ2v) is 13.1. The zero-order valence-electron chi connectivity index (χ0n) is 25.2. The lowest BCUT2D eigenvalue weighted by Crippen LogP contribution is -2.57. The van der Waals surface area contributed by atoms with Gasteiger partial charge in [-0.2, -0.15) is 0 Å². The molecule has 5 atom stereocenters. The van der Waals surface area contributed by atoms with Crippen LogP contribution in [-0.4, -0.2) is 72.9 Å². The lowest BCUT2D eigenvalue weighted by atomic mass is 9.45. The Morgan fingerprint density at radius 1 is 1.17 bits per heavy atom. The molecule has 2 aromatic rings. The van der Waals surface area contributed by atoms with E-state index in [1.165, 1.54) is 24.5 Å². The van der Waals surface area contributed by atoms with E-state index in [4.69, 9.17) is 9.73 Å². The molecular formula is C33H42FN5O3. The molecule has 2 N–H and O–H groups in total. The number of nitrogens with one attached hydrogen (secondary N) is 2. The normalized spacial score (nSPS) is 28.4. The van der Waals surface area contributed by atoms with Crippen molar-refractivity contribution in [2.75, 3.05) is 38.6 Å². The number of methoxy groups -OCH3 is 1. The van der Waals surface area contributed by atoms with Crippen LogP contribution in [0, 0.1) is 29.0 Å². The van der Waals surface area contributed by atoms with Gasteiger partial charge in [-0.3, -0.25) is 14.5 Å². The fourth-order valence-corrected chi connectivity index (χ4v) is 7.62. The van der Waals surface area contributed by atoms with Gasteiger partial charge in [0.15, 0.2) is 5.96 Å². The maximum atomic E-state index is 14.6. The largest absolute Gasteiger partial charge is 0.497 e. The fourth-order valence-electron chi connectivity index (χ4n) is 7.62. The van der Waals surface area contributed by atoms with Crippen molar-refractivity contribution in [3.63, 3.8) is 0 Å². The number of aliphatic imine (C=N–C) groups is 1. The van der Waals surface area contributed by atoms with Crippen LogP contribution in [0.1, 0.15) is 66.8 Å². The Morgan fingerprint density at radius 3 is 2.67 bits per heavy atom. The molecule has 42 heavy (non-hydrogen) atoms. The van der Waals surface area contributed by atoms with Crippen LogP contribution < -0.4 is 15.4 Å². The number of nitrogens with zero attached hydrogens (tertiary/aromatic N) is 3. The van der Waals surface area contributed by atoms with Crippen molar-refractivity contribution in [2.45, 2.75) is 59.0 Å². The molecule has 8 nitrogen and oxygen atoms in total. The van der Waals surface area contributed by atoms with Gasteiger partial charge in [-0.05, 0) is 73.1 Å². The highest BCUT2D eigenvalue weighted by atomic mass is 19.1. The molecule has 0 unspecified atom stereocenters. The van der Waals surface area contributed by atoms with Crippen molar-refractivity contribution in [2.24, 2.45) is 28.2 Å². The molecular weight excluding hydrogens is 533 g/mol. The van der Waals surface area contributed by atoms with Crippen LogP contribution in [0.5, 0.6) is 5.75 Å². The summed E-state index contributed by atoms with van der Waals surface area (Å²) in [5.74, 6) is 1.87. The van der Waals surface area contributed by atoms with Crippen molar-refractivity contribution in [1.29, 1.82) is 0 Å². The highest BCUT2D eigenvalue weighted by Gasteiger charge is 2.56. The van der Waals surface area contributed by atoms with Crippen LogP contribution in [0.4, 0.5) is 10.1 Å². The minimum Gasteiger partial charge on any atom is -0.497 e. The molecule has 3 saturated carbocycles. The van der Waals surface area contributed by atoms with E-state index in [-0.39, 0.29) is 30.8 Å². The molecule has 2 aromatic carbocycles. The Hall–Kier alpha value is -3.46. The van der Waals surface area contributed by atoms with Gasteiger partial charge in [-0.1, -0.05) is 32.9 Å². The third-order valence-electron chi connectivity index (χ3n) is 10.4. The van der Waals surface area contributed by atoms with E-state index in [0.29, 0.717) is 57.3 Å². The highest BCUT2D eigenvalue weighted by molar-refractivity contribution is 6.24. The molecule has 0 spiro atoms. The van der Waals surface area contributed by atoms with E-state index in [9.17, 15) is 14.0 Å². The van der Waals surface area contributed by atoms with E-state index in [2.05, 4.69) is 43.2 Å². The molecule has 2 heterocycles. The van der Waals surface area contributed by atoms with E-state index < -0.39 is 5.82 Å². The minimum atomic E-state index is -0.419. The van der Waals surface area contributed by atoms with Gasteiger partial charge in [0.1, 0.15) is 11.6 Å². The molecule has 1 saturated heterocycles. The van der Waals surface area contributed by atoms with E-state index >= 15 is 0 Å². The molecule has 2 amide bonds. The molecule has 5 aliphatic rings. The van der Waals surface area contributed by atoms with E-state index in [0.717, 1.165) is 32.0 Å². The van der Waals surface area contributed by atoms with Gasteiger partial charge in [-0.25, -0.2) is 9.38 Å². The molecule has 224 valence electrons. The van der Waals surface area contributed by atoms with Crippen LogP contribution in [0.25, 0.3) is 0 Å². The van der Waals surface area contributed by atoms with E-state index in [1.807, 2.05) is 6.07 Å². The number of carbonyl (C=O) groups is 2. The summed E-state index contributed by atoms with van der Waals surface area (Å²) in [6.07, 6.45) is 2.57. The van der Waals surface area contributed by atoms with Crippen LogP contribution in [0.2, 0.25) is 0 Å². The third kappa shape index (κ3) is 4.95. The Bertz CT molecular complexity index is 1420. The summed E-state index contributed by atoms with van der Waals surface area (Å²) in [5.41, 5.74) is 2.10. The lowest BCUT2D eigenvalue weighted by molar-refractivity contribution is -0.108. The number of hydrogen-bond acceptors (Lipinski definition) is 5. The number of carbonyl (C=O) groups excluding carboxylic acids is 2. The number of rotatable bonds is 6. The van der Waals surface area contributed by atoms with Crippen molar-refractivity contribution in [1.82, 2.24) is 15.1 Å². The van der Waals surface area contributed by atoms with E-state index in [1.54, 1.807) is 24.3 Å². The summed E-state index contributed by atoms with van der Waals surface area (Å²) in [6, 6.07) is 10.5. The van der Waals surface area contributed by atoms with Gasteiger partial charge in [0.05, 0.1) is 30.0 Å². The van der Waals surface area contributed by atoms with Crippen molar-refractivity contribution in [3.05, 3.63) is 58.9 Å². The van der Waals surface area contributed by atoms with Gasteiger partial charge in [0, 0.05) is 38.3 Å². The lowest BCUT2D eigenvalue weighted by Gasteiger charge is -2.61. The molecule has 0 aromatic heterocycles. The van der Waals surface area contributed by atoms with Crippen molar-refractivity contribution < 1.29 is 18.7 Å². The topological polar surface area (TPSA) is 86.3 Å². The first-order valence-electron chi connectivity index (χ1n) is 15.2. The number of hydrogen-bond donors (Lipinski definition) is 2. The molecule has 4 fully saturated rings. The third-order valence-corrected chi connectivity index (χ3v) is 10.4. The van der Waals surface area contributed by atoms with Gasteiger partial charge in [0.2, 0.25) is 0 Å². The highest BCUT2D eigenvalue weighted by Crippen LogP contribution is 2.61. The number of amides is 2. The second kappa shape index (κ2) is 11.0. The van der Waals surface area contributed by atoms with Gasteiger partial charge >= 0.3 is 0 Å². The Balaban J connectivity index is 1.25. The van der Waals surface area contributed by atoms with Crippen LogP contribution in [0.15, 0.2) is 41.4 Å². The zero-order chi connectivity index (χ0) is 29.8. The molecule has 2 aliphatic heterocycles. The first-order chi connectivity index (χ1) is 20.1. The Morgan fingerprint density at radius 2 is 1.98 bits per heavy atom. The molecule has 2 bridgehead atoms. The predicted octanol–water partition coefficient (Wildman–Crippen LogP) is 4.81. The summed E-state index contributed by atoms with van der Waals surface area (Å²) in [4.78, 5) is 35.9. The molecule has 9 heteroatoms. The number of ether oxygens (including phenoxy) is 1. The first-order valence-corrected chi connectivity index (χ1v) is 15.2. The average Bonchev–Trinajstić information content (AvgIpc) is 3.22. The first kappa shape index (κ1) is 28.6. The number of benzene rings is 2. The predicted molar refractivity (Wildman–Crippen MR) is 162 cm³/mol. The van der Waals surface area contributed by atoms with Gasteiger partial charge in [-0.15, -0.1) is 0 Å². The fraction of sp³-hybridized carbons (Fsp3) is 0.545. The second-order valence-electron chi connectivity index (χ2n) is 13.1.